The fourth-order valence-corrected chi connectivity index (χ4v) is 4.14. The minimum absolute atomic E-state index is 0.00968. The highest BCUT2D eigenvalue weighted by Gasteiger charge is 2.20. The second-order valence-corrected chi connectivity index (χ2v) is 6.99. The predicted molar refractivity (Wildman–Crippen MR) is 90.0 cm³/mol. The summed E-state index contributed by atoms with van der Waals surface area (Å²) < 4.78 is 5.41. The zero-order valence-electron chi connectivity index (χ0n) is 13.2. The van der Waals surface area contributed by atoms with Gasteiger partial charge in [0.1, 0.15) is 5.75 Å². The number of hydrogen-bond donors (Lipinski definition) is 1. The van der Waals surface area contributed by atoms with Crippen molar-refractivity contribution >= 4 is 17.2 Å². The quantitative estimate of drug-likeness (QED) is 0.924. The summed E-state index contributed by atoms with van der Waals surface area (Å²) in [5.41, 5.74) is 3.53. The molecule has 0 bridgehead atoms. The summed E-state index contributed by atoms with van der Waals surface area (Å²) in [5, 5.41) is 3.09. The highest BCUT2D eigenvalue weighted by atomic mass is 32.1. The molecule has 2 aromatic rings. The lowest BCUT2D eigenvalue weighted by molar-refractivity contribution is 0.0943. The molecule has 0 aliphatic heterocycles. The minimum atomic E-state index is -0.0840. The maximum absolute atomic E-state index is 12.5. The highest BCUT2D eigenvalue weighted by Crippen LogP contribution is 2.31. The van der Waals surface area contributed by atoms with E-state index in [1.807, 2.05) is 26.0 Å². The topological polar surface area (TPSA) is 38.3 Å². The van der Waals surface area contributed by atoms with Crippen LogP contribution in [0.5, 0.6) is 5.75 Å². The van der Waals surface area contributed by atoms with Crippen LogP contribution in [-0.4, -0.2) is 13.0 Å². The summed E-state index contributed by atoms with van der Waals surface area (Å²) in [6, 6.07) is 8.01. The van der Waals surface area contributed by atoms with Gasteiger partial charge in [0.2, 0.25) is 0 Å². The molecule has 3 nitrogen and oxygen atoms in total. The minimum Gasteiger partial charge on any atom is -0.496 e. The molecule has 0 spiro atoms. The van der Waals surface area contributed by atoms with Gasteiger partial charge in [-0.25, -0.2) is 0 Å². The summed E-state index contributed by atoms with van der Waals surface area (Å²) in [6.07, 6.45) is 3.45. The van der Waals surface area contributed by atoms with Crippen LogP contribution < -0.4 is 10.1 Å². The third kappa shape index (κ3) is 2.88. The molecule has 1 amide bonds. The van der Waals surface area contributed by atoms with Crippen LogP contribution in [0.25, 0.3) is 0 Å². The highest BCUT2D eigenvalue weighted by molar-refractivity contribution is 7.14. The first-order valence-corrected chi connectivity index (χ1v) is 8.47. The van der Waals surface area contributed by atoms with Gasteiger partial charge >= 0.3 is 0 Å². The standard InChI is InChI=1S/C18H21NO2S/c1-11-7-8-15(21-3)14(9-11)12(2)19-18(20)17-10-13-5-4-6-16(13)22-17/h7-10,12H,4-6H2,1-3H3,(H,19,20)/t12-/m0/s1. The second kappa shape index (κ2) is 6.13. The van der Waals surface area contributed by atoms with Crippen molar-refractivity contribution in [2.24, 2.45) is 0 Å². The molecular weight excluding hydrogens is 294 g/mol. The number of carbonyl (C=O) groups is 1. The number of amides is 1. The molecule has 1 aromatic heterocycles. The summed E-state index contributed by atoms with van der Waals surface area (Å²) in [4.78, 5) is 14.7. The molecule has 1 aromatic carbocycles. The SMILES string of the molecule is COc1ccc(C)cc1[C@H](C)NC(=O)c1cc2c(s1)CCC2. The number of fused-ring (bicyclic) bond motifs is 1. The van der Waals surface area contributed by atoms with E-state index in [9.17, 15) is 4.79 Å². The number of hydrogen-bond acceptors (Lipinski definition) is 3. The van der Waals surface area contributed by atoms with Crippen molar-refractivity contribution < 1.29 is 9.53 Å². The van der Waals surface area contributed by atoms with E-state index in [1.54, 1.807) is 18.4 Å². The Morgan fingerprint density at radius 1 is 1.32 bits per heavy atom. The van der Waals surface area contributed by atoms with Crippen LogP contribution in [0.4, 0.5) is 0 Å². The van der Waals surface area contributed by atoms with Crippen LogP contribution in [0, 0.1) is 6.92 Å². The van der Waals surface area contributed by atoms with E-state index in [2.05, 4.69) is 17.4 Å². The van der Waals surface area contributed by atoms with Gasteiger partial charge in [0, 0.05) is 10.4 Å². The number of nitrogens with one attached hydrogen (secondary N) is 1. The van der Waals surface area contributed by atoms with E-state index < -0.39 is 0 Å². The van der Waals surface area contributed by atoms with Gasteiger partial charge in [0.05, 0.1) is 18.0 Å². The zero-order valence-corrected chi connectivity index (χ0v) is 14.0. The van der Waals surface area contributed by atoms with Crippen LogP contribution in [0.1, 0.15) is 50.6 Å². The normalized spacial score (nSPS) is 14.5. The molecule has 0 saturated heterocycles. The van der Waals surface area contributed by atoms with Crippen molar-refractivity contribution in [2.75, 3.05) is 7.11 Å². The number of ether oxygens (including phenoxy) is 1. The lowest BCUT2D eigenvalue weighted by atomic mass is 10.0. The average Bonchev–Trinajstić information content (AvgIpc) is 3.08. The Labute approximate surface area is 135 Å². The van der Waals surface area contributed by atoms with Gasteiger partial charge in [-0.15, -0.1) is 11.3 Å². The fraction of sp³-hybridized carbons (Fsp3) is 0.389. The number of benzene rings is 1. The van der Waals surface area contributed by atoms with Crippen molar-refractivity contribution in [3.63, 3.8) is 0 Å². The Morgan fingerprint density at radius 2 is 2.14 bits per heavy atom. The van der Waals surface area contributed by atoms with E-state index in [-0.39, 0.29) is 11.9 Å². The maximum atomic E-state index is 12.5. The van der Waals surface area contributed by atoms with Crippen molar-refractivity contribution in [3.8, 4) is 5.75 Å². The van der Waals surface area contributed by atoms with Crippen LogP contribution in [0.2, 0.25) is 0 Å². The largest absolute Gasteiger partial charge is 0.496 e. The Morgan fingerprint density at radius 3 is 2.86 bits per heavy atom. The zero-order chi connectivity index (χ0) is 15.7. The summed E-state index contributed by atoms with van der Waals surface area (Å²) >= 11 is 1.64. The van der Waals surface area contributed by atoms with E-state index in [0.29, 0.717) is 0 Å². The van der Waals surface area contributed by atoms with Crippen molar-refractivity contribution in [3.05, 3.63) is 50.7 Å². The smallest absolute Gasteiger partial charge is 0.261 e. The van der Waals surface area contributed by atoms with Crippen LogP contribution in [0.3, 0.4) is 0 Å². The van der Waals surface area contributed by atoms with E-state index in [1.165, 1.54) is 16.9 Å². The van der Waals surface area contributed by atoms with Crippen molar-refractivity contribution in [1.29, 1.82) is 0 Å². The molecule has 1 atom stereocenters. The van der Waals surface area contributed by atoms with Crippen LogP contribution >= 0.6 is 11.3 Å². The monoisotopic (exact) mass is 315 g/mol. The summed E-state index contributed by atoms with van der Waals surface area (Å²) in [7, 11) is 1.66. The molecule has 4 heteroatoms. The Bertz CT molecular complexity index is 684. The average molecular weight is 315 g/mol. The predicted octanol–water partition coefficient (Wildman–Crippen LogP) is 4.04. The first-order chi connectivity index (χ1) is 10.6. The van der Waals surface area contributed by atoms with Crippen molar-refractivity contribution in [2.45, 2.75) is 39.2 Å². The number of aryl methyl sites for hydroxylation is 3. The lowest BCUT2D eigenvalue weighted by Crippen LogP contribution is -2.26. The Hall–Kier alpha value is -1.81. The van der Waals surface area contributed by atoms with E-state index >= 15 is 0 Å². The second-order valence-electron chi connectivity index (χ2n) is 5.85. The molecule has 116 valence electrons. The number of carbonyl (C=O) groups excluding carboxylic acids is 1. The molecule has 3 rings (SSSR count). The third-order valence-corrected chi connectivity index (χ3v) is 5.41. The molecule has 0 saturated carbocycles. The molecule has 22 heavy (non-hydrogen) atoms. The van der Waals surface area contributed by atoms with Crippen LogP contribution in [0.15, 0.2) is 24.3 Å². The van der Waals surface area contributed by atoms with Gasteiger partial charge in [-0.3, -0.25) is 4.79 Å². The van der Waals surface area contributed by atoms with Gasteiger partial charge in [-0.2, -0.15) is 0 Å². The van der Waals surface area contributed by atoms with Gasteiger partial charge in [-0.1, -0.05) is 17.7 Å². The molecule has 0 radical (unpaired) electrons. The summed E-state index contributed by atoms with van der Waals surface area (Å²) in [6.45, 7) is 4.04. The third-order valence-electron chi connectivity index (χ3n) is 4.17. The molecule has 1 aliphatic carbocycles. The summed E-state index contributed by atoms with van der Waals surface area (Å²) in [5.74, 6) is 0.822. The Balaban J connectivity index is 1.77. The molecule has 0 fully saturated rings. The molecular formula is C18H21NO2S. The molecule has 1 aliphatic rings. The fourth-order valence-electron chi connectivity index (χ4n) is 2.98. The van der Waals surface area contributed by atoms with Gasteiger partial charge in [0.25, 0.3) is 5.91 Å². The molecule has 1 N–H and O–H groups in total. The van der Waals surface area contributed by atoms with Gasteiger partial charge in [0.15, 0.2) is 0 Å². The van der Waals surface area contributed by atoms with E-state index in [4.69, 9.17) is 4.74 Å². The van der Waals surface area contributed by atoms with Gasteiger partial charge in [-0.05, 0) is 50.8 Å². The molecule has 1 heterocycles. The van der Waals surface area contributed by atoms with Crippen LogP contribution in [-0.2, 0) is 12.8 Å². The lowest BCUT2D eigenvalue weighted by Gasteiger charge is -2.17. The number of thiophene rings is 1. The first kappa shape index (κ1) is 15.1. The maximum Gasteiger partial charge on any atom is 0.261 e. The molecule has 0 unspecified atom stereocenters. The van der Waals surface area contributed by atoms with Gasteiger partial charge < -0.3 is 10.1 Å². The number of rotatable bonds is 4. The van der Waals surface area contributed by atoms with E-state index in [0.717, 1.165) is 34.6 Å². The van der Waals surface area contributed by atoms with Crippen molar-refractivity contribution in [1.82, 2.24) is 5.32 Å². The Kier molecular flexibility index (Phi) is 4.21. The first-order valence-electron chi connectivity index (χ1n) is 7.65. The number of methoxy groups -OCH3 is 1.